The molecular formula is C21H23F2N3O3S. The second-order valence-electron chi connectivity index (χ2n) is 7.37. The van der Waals surface area contributed by atoms with Gasteiger partial charge in [-0.15, -0.1) is 0 Å². The largest absolute Gasteiger partial charge is 0.493 e. The van der Waals surface area contributed by atoms with Crippen molar-refractivity contribution in [3.63, 3.8) is 0 Å². The van der Waals surface area contributed by atoms with Gasteiger partial charge < -0.3 is 4.74 Å². The number of rotatable bonds is 7. The lowest BCUT2D eigenvalue weighted by molar-refractivity contribution is -0.0660. The first-order chi connectivity index (χ1) is 14.2. The molecule has 0 spiro atoms. The summed E-state index contributed by atoms with van der Waals surface area (Å²) in [5.41, 5.74) is 1.99. The van der Waals surface area contributed by atoms with Gasteiger partial charge in [0.2, 0.25) is 15.9 Å². The van der Waals surface area contributed by atoms with Crippen LogP contribution in [0.15, 0.2) is 42.6 Å². The molecule has 1 fully saturated rings. The number of sulfonamides is 1. The lowest BCUT2D eigenvalue weighted by Gasteiger charge is -2.36. The molecule has 3 rings (SSSR count). The van der Waals surface area contributed by atoms with Crippen molar-refractivity contribution < 1.29 is 21.9 Å². The summed E-state index contributed by atoms with van der Waals surface area (Å²) in [7, 11) is -3.49. The lowest BCUT2D eigenvalue weighted by Crippen LogP contribution is -2.48. The van der Waals surface area contributed by atoms with Gasteiger partial charge in [0.15, 0.2) is 0 Å². The Kier molecular flexibility index (Phi) is 6.68. The van der Waals surface area contributed by atoms with Crippen LogP contribution in [0, 0.1) is 17.2 Å². The van der Waals surface area contributed by atoms with E-state index in [0.29, 0.717) is 17.0 Å². The van der Waals surface area contributed by atoms with Crippen molar-refractivity contribution in [1.82, 2.24) is 9.71 Å². The summed E-state index contributed by atoms with van der Waals surface area (Å²) >= 11 is 0. The smallest absolute Gasteiger partial charge is 0.248 e. The van der Waals surface area contributed by atoms with Gasteiger partial charge >= 0.3 is 0 Å². The molecule has 2 unspecified atom stereocenters. The predicted molar refractivity (Wildman–Crippen MR) is 109 cm³/mol. The highest BCUT2D eigenvalue weighted by atomic mass is 32.2. The van der Waals surface area contributed by atoms with E-state index >= 15 is 0 Å². The van der Waals surface area contributed by atoms with Crippen molar-refractivity contribution in [3.8, 4) is 23.1 Å². The van der Waals surface area contributed by atoms with Gasteiger partial charge in [0.05, 0.1) is 23.6 Å². The van der Waals surface area contributed by atoms with E-state index in [0.717, 1.165) is 5.56 Å². The van der Waals surface area contributed by atoms with Gasteiger partial charge in [0, 0.05) is 36.6 Å². The van der Waals surface area contributed by atoms with Crippen LogP contribution in [0.3, 0.4) is 0 Å². The SMILES string of the molecule is CCS(=O)(=O)NC1CCC(F)(F)CC1COc1ccc(-c2ccc(C#N)cn2)cc1. The zero-order chi connectivity index (χ0) is 21.8. The Morgan fingerprint density at radius 3 is 2.60 bits per heavy atom. The Labute approximate surface area is 174 Å². The Morgan fingerprint density at radius 2 is 2.00 bits per heavy atom. The molecule has 160 valence electrons. The fraction of sp³-hybridized carbons (Fsp3) is 0.429. The number of benzene rings is 1. The molecule has 9 heteroatoms. The summed E-state index contributed by atoms with van der Waals surface area (Å²) in [6.45, 7) is 1.50. The predicted octanol–water partition coefficient (Wildman–Crippen LogP) is 3.74. The van der Waals surface area contributed by atoms with Crippen molar-refractivity contribution in [1.29, 1.82) is 5.26 Å². The first-order valence-electron chi connectivity index (χ1n) is 9.68. The van der Waals surface area contributed by atoms with Crippen LogP contribution in [0.1, 0.15) is 31.7 Å². The Balaban J connectivity index is 1.66. The second kappa shape index (κ2) is 9.06. The average Bonchev–Trinajstić information content (AvgIpc) is 2.74. The highest BCUT2D eigenvalue weighted by Crippen LogP contribution is 2.37. The van der Waals surface area contributed by atoms with Gasteiger partial charge in [-0.2, -0.15) is 5.26 Å². The molecule has 2 atom stereocenters. The summed E-state index contributed by atoms with van der Waals surface area (Å²) in [6.07, 6.45) is 0.799. The van der Waals surface area contributed by atoms with Crippen LogP contribution in [-0.4, -0.2) is 37.7 Å². The van der Waals surface area contributed by atoms with Gasteiger partial charge in [0.25, 0.3) is 0 Å². The van der Waals surface area contributed by atoms with E-state index in [9.17, 15) is 17.2 Å². The van der Waals surface area contributed by atoms with Gasteiger partial charge in [0.1, 0.15) is 11.8 Å². The van der Waals surface area contributed by atoms with E-state index in [-0.39, 0.29) is 25.2 Å². The molecule has 0 bridgehead atoms. The molecule has 1 aromatic heterocycles. The molecule has 30 heavy (non-hydrogen) atoms. The zero-order valence-electron chi connectivity index (χ0n) is 16.5. The van der Waals surface area contributed by atoms with Crippen molar-refractivity contribution in [2.75, 3.05) is 12.4 Å². The van der Waals surface area contributed by atoms with Crippen molar-refractivity contribution >= 4 is 10.0 Å². The number of alkyl halides is 2. The van der Waals surface area contributed by atoms with Crippen molar-refractivity contribution in [3.05, 3.63) is 48.2 Å². The Bertz CT molecular complexity index is 1000. The number of aromatic nitrogens is 1. The van der Waals surface area contributed by atoms with Crippen LogP contribution in [0.25, 0.3) is 11.3 Å². The molecule has 2 aromatic rings. The lowest BCUT2D eigenvalue weighted by atomic mass is 9.83. The molecule has 1 N–H and O–H groups in total. The summed E-state index contributed by atoms with van der Waals surface area (Å²) < 4.78 is 59.9. The van der Waals surface area contributed by atoms with Crippen LogP contribution in [0.2, 0.25) is 0 Å². The number of nitrogens with zero attached hydrogens (tertiary/aromatic N) is 2. The highest BCUT2D eigenvalue weighted by Gasteiger charge is 2.42. The number of halogens is 2. The maximum atomic E-state index is 13.9. The molecule has 1 aliphatic carbocycles. The molecule has 0 aliphatic heterocycles. The molecular weight excluding hydrogens is 412 g/mol. The number of pyridine rings is 1. The first-order valence-corrected chi connectivity index (χ1v) is 11.3. The maximum absolute atomic E-state index is 13.9. The minimum atomic E-state index is -3.49. The summed E-state index contributed by atoms with van der Waals surface area (Å²) in [6, 6.07) is 11.8. The van der Waals surface area contributed by atoms with Crippen LogP contribution in [0.4, 0.5) is 8.78 Å². The number of hydrogen-bond donors (Lipinski definition) is 1. The number of hydrogen-bond acceptors (Lipinski definition) is 5. The molecule has 1 aromatic carbocycles. The van der Waals surface area contributed by atoms with Crippen molar-refractivity contribution in [2.45, 2.75) is 38.2 Å². The highest BCUT2D eigenvalue weighted by molar-refractivity contribution is 7.89. The first kappa shape index (κ1) is 22.1. The third-order valence-electron chi connectivity index (χ3n) is 5.17. The van der Waals surface area contributed by atoms with Gasteiger partial charge in [-0.05, 0) is 49.7 Å². The quantitative estimate of drug-likeness (QED) is 0.715. The maximum Gasteiger partial charge on any atom is 0.248 e. The van der Waals surface area contributed by atoms with E-state index in [1.54, 1.807) is 36.4 Å². The van der Waals surface area contributed by atoms with Gasteiger partial charge in [-0.1, -0.05) is 0 Å². The Morgan fingerprint density at radius 1 is 1.27 bits per heavy atom. The molecule has 1 heterocycles. The molecule has 1 aliphatic rings. The summed E-state index contributed by atoms with van der Waals surface area (Å²) in [5.74, 6) is -3.06. The summed E-state index contributed by atoms with van der Waals surface area (Å²) in [4.78, 5) is 4.23. The molecule has 6 nitrogen and oxygen atoms in total. The molecule has 0 saturated heterocycles. The van der Waals surface area contributed by atoms with Gasteiger partial charge in [-0.25, -0.2) is 21.9 Å². The topological polar surface area (TPSA) is 92.1 Å². The van der Waals surface area contributed by atoms with E-state index in [4.69, 9.17) is 10.00 Å². The fourth-order valence-electron chi connectivity index (χ4n) is 3.43. The third-order valence-corrected chi connectivity index (χ3v) is 6.59. The van der Waals surface area contributed by atoms with Gasteiger partial charge in [-0.3, -0.25) is 4.98 Å². The standard InChI is InChI=1S/C21H23F2N3O3S/c1-2-30(27,28)26-20-9-10-21(22,23)11-17(20)14-29-18-6-4-16(5-7-18)19-8-3-15(12-24)13-25-19/h3-8,13,17,20,26H,2,9-11,14H2,1H3. The molecule has 1 saturated carbocycles. The Hall–Kier alpha value is -2.57. The monoisotopic (exact) mass is 435 g/mol. The normalized spacial score (nSPS) is 21.0. The number of nitriles is 1. The van der Waals surface area contributed by atoms with E-state index in [1.165, 1.54) is 13.1 Å². The van der Waals surface area contributed by atoms with E-state index in [2.05, 4.69) is 9.71 Å². The minimum Gasteiger partial charge on any atom is -0.493 e. The summed E-state index contributed by atoms with van der Waals surface area (Å²) in [5, 5.41) is 8.84. The van der Waals surface area contributed by atoms with E-state index in [1.807, 2.05) is 6.07 Å². The van der Waals surface area contributed by atoms with Crippen molar-refractivity contribution in [2.24, 2.45) is 5.92 Å². The minimum absolute atomic E-state index is 0.0129. The molecule has 0 radical (unpaired) electrons. The van der Waals surface area contributed by atoms with Crippen LogP contribution in [-0.2, 0) is 10.0 Å². The van der Waals surface area contributed by atoms with Crippen LogP contribution in [0.5, 0.6) is 5.75 Å². The third kappa shape index (κ3) is 5.74. The van der Waals surface area contributed by atoms with E-state index < -0.39 is 34.3 Å². The zero-order valence-corrected chi connectivity index (χ0v) is 17.3. The second-order valence-corrected chi connectivity index (χ2v) is 9.41. The number of ether oxygens (including phenoxy) is 1. The van der Waals surface area contributed by atoms with Crippen LogP contribution < -0.4 is 9.46 Å². The van der Waals surface area contributed by atoms with Crippen LogP contribution >= 0.6 is 0 Å². The molecule has 0 amide bonds. The number of nitrogens with one attached hydrogen (secondary N) is 1. The fourth-order valence-corrected chi connectivity index (χ4v) is 4.37. The average molecular weight is 435 g/mol.